The minimum absolute atomic E-state index is 0.117. The summed E-state index contributed by atoms with van der Waals surface area (Å²) in [5.74, 6) is 0.333. The summed E-state index contributed by atoms with van der Waals surface area (Å²) in [6.07, 6.45) is 0. The molecule has 0 radical (unpaired) electrons. The van der Waals surface area contributed by atoms with Gasteiger partial charge in [-0.25, -0.2) is 0 Å². The van der Waals surface area contributed by atoms with Crippen LogP contribution in [0.3, 0.4) is 0 Å². The third-order valence-electron chi connectivity index (χ3n) is 4.76. The van der Waals surface area contributed by atoms with E-state index in [1.807, 2.05) is 30.3 Å². The fourth-order valence-corrected chi connectivity index (χ4v) is 3.53. The second-order valence-electron chi connectivity index (χ2n) is 6.96. The molecule has 0 atom stereocenters. The molecule has 7 nitrogen and oxygen atoms in total. The van der Waals surface area contributed by atoms with E-state index in [0.717, 1.165) is 5.52 Å². The van der Waals surface area contributed by atoms with E-state index in [-0.39, 0.29) is 24.8 Å². The monoisotopic (exact) mass is 483 g/mol. The van der Waals surface area contributed by atoms with Crippen molar-refractivity contribution in [3.8, 4) is 17.4 Å². The van der Waals surface area contributed by atoms with Gasteiger partial charge in [-0.3, -0.25) is 4.79 Å². The number of hydrogen-bond acceptors (Lipinski definition) is 5. The van der Waals surface area contributed by atoms with Crippen LogP contribution in [0.1, 0.15) is 0 Å². The van der Waals surface area contributed by atoms with Crippen LogP contribution in [0.25, 0.3) is 10.9 Å². The van der Waals surface area contributed by atoms with E-state index < -0.39 is 5.91 Å². The van der Waals surface area contributed by atoms with Crippen molar-refractivity contribution in [3.05, 3.63) is 82.8 Å². The van der Waals surface area contributed by atoms with E-state index in [9.17, 15) is 9.90 Å². The Morgan fingerprint density at radius 2 is 1.67 bits per heavy atom. The van der Waals surface area contributed by atoms with Gasteiger partial charge in [0.25, 0.3) is 0 Å². The van der Waals surface area contributed by atoms with Gasteiger partial charge in [0.15, 0.2) is 12.3 Å². The first-order chi connectivity index (χ1) is 16.0. The molecule has 168 valence electrons. The van der Waals surface area contributed by atoms with Crippen LogP contribution >= 0.6 is 23.2 Å². The summed E-state index contributed by atoms with van der Waals surface area (Å²) in [6, 6.07) is 21.1. The molecule has 0 aliphatic heterocycles. The maximum absolute atomic E-state index is 12.1. The van der Waals surface area contributed by atoms with E-state index in [1.165, 1.54) is 0 Å². The van der Waals surface area contributed by atoms with Crippen molar-refractivity contribution in [1.29, 1.82) is 0 Å². The molecule has 33 heavy (non-hydrogen) atoms. The molecule has 0 saturated heterocycles. The highest BCUT2D eigenvalue weighted by atomic mass is 35.5. The Bertz CT molecular complexity index is 1300. The Morgan fingerprint density at radius 3 is 2.45 bits per heavy atom. The van der Waals surface area contributed by atoms with Gasteiger partial charge in [0.1, 0.15) is 18.1 Å². The maximum Gasteiger partial charge on any atom is 0.302 e. The molecule has 4 aromatic rings. The van der Waals surface area contributed by atoms with Crippen LogP contribution in [0.15, 0.2) is 83.0 Å². The van der Waals surface area contributed by atoms with Crippen molar-refractivity contribution >= 4 is 45.7 Å². The summed E-state index contributed by atoms with van der Waals surface area (Å²) >= 11 is 12.0. The highest BCUT2D eigenvalue weighted by Crippen LogP contribution is 2.38. The molecule has 1 aromatic heterocycles. The number of carbonyl (C=O) groups excluding carboxylic acids is 1. The van der Waals surface area contributed by atoms with Crippen molar-refractivity contribution in [2.45, 2.75) is 6.54 Å². The predicted molar refractivity (Wildman–Crippen MR) is 127 cm³/mol. The second kappa shape index (κ2) is 10.4. The molecule has 0 spiro atoms. The Morgan fingerprint density at radius 1 is 0.939 bits per heavy atom. The maximum atomic E-state index is 12.1. The minimum atomic E-state index is -0.594. The topological polar surface area (TPSA) is 85.4 Å². The molecule has 0 saturated carbocycles. The fraction of sp³-hybridized carbons (Fsp3) is 0.125. The number of hydrogen-bond donors (Lipinski definition) is 1. The van der Waals surface area contributed by atoms with Crippen LogP contribution < -0.4 is 9.47 Å². The number of ether oxygens (including phenoxy) is 2. The lowest BCUT2D eigenvalue weighted by atomic mass is 10.2. The van der Waals surface area contributed by atoms with Gasteiger partial charge in [0, 0.05) is 10.4 Å². The number of benzene rings is 3. The van der Waals surface area contributed by atoms with Crippen LogP contribution in [-0.4, -0.2) is 28.8 Å². The first-order valence-electron chi connectivity index (χ1n) is 10.0. The molecule has 4 rings (SSSR count). The molecule has 3 aromatic carbocycles. The molecule has 1 amide bonds. The van der Waals surface area contributed by atoms with Crippen LogP contribution in [0, 0.1) is 0 Å². The van der Waals surface area contributed by atoms with Gasteiger partial charge in [0.05, 0.1) is 17.1 Å². The smallest absolute Gasteiger partial charge is 0.302 e. The molecular formula is C24H19Cl2N3O4. The van der Waals surface area contributed by atoms with Crippen molar-refractivity contribution in [2.24, 2.45) is 10.2 Å². The quantitative estimate of drug-likeness (QED) is 0.293. The highest BCUT2D eigenvalue weighted by Gasteiger charge is 2.17. The largest absolute Gasteiger partial charge is 0.493 e. The van der Waals surface area contributed by atoms with Gasteiger partial charge in [0.2, 0.25) is 5.88 Å². The number of rotatable bonds is 8. The van der Waals surface area contributed by atoms with Gasteiger partial charge >= 0.3 is 5.91 Å². The van der Waals surface area contributed by atoms with Crippen LogP contribution in [-0.2, 0) is 11.3 Å². The number of aromatic hydroxyl groups is 1. The summed E-state index contributed by atoms with van der Waals surface area (Å²) in [7, 11) is 0. The lowest BCUT2D eigenvalue weighted by Crippen LogP contribution is -2.08. The summed E-state index contributed by atoms with van der Waals surface area (Å²) in [5, 5.41) is 20.2. The fourth-order valence-electron chi connectivity index (χ4n) is 3.22. The summed E-state index contributed by atoms with van der Waals surface area (Å²) < 4.78 is 12.8. The zero-order valence-electron chi connectivity index (χ0n) is 17.3. The van der Waals surface area contributed by atoms with Gasteiger partial charge in [-0.1, -0.05) is 53.5 Å². The number of carbonyl (C=O) groups is 1. The predicted octanol–water partition coefficient (Wildman–Crippen LogP) is 6.42. The number of halogens is 2. The number of fused-ring (bicyclic) bond motifs is 1. The number of nitrogens with zero attached hydrogens (tertiary/aromatic N) is 3. The standard InChI is InChI=1S/C24H19Cl2N3O4/c25-16-9-11-17(12-10-16)33-15-22(30)27-28-23-18-5-1-3-7-20(18)29(24(23)31)13-14-32-21-8-4-2-6-19(21)26/h1-12,31H,13-15H2. The zero-order chi connectivity index (χ0) is 23.2. The third kappa shape index (κ3) is 5.45. The summed E-state index contributed by atoms with van der Waals surface area (Å²) in [6.45, 7) is 0.303. The lowest BCUT2D eigenvalue weighted by Gasteiger charge is -2.10. The normalized spacial score (nSPS) is 11.2. The van der Waals surface area contributed by atoms with Crippen molar-refractivity contribution in [1.82, 2.24) is 4.57 Å². The van der Waals surface area contributed by atoms with Crippen molar-refractivity contribution in [2.75, 3.05) is 13.2 Å². The molecule has 0 fully saturated rings. The van der Waals surface area contributed by atoms with Crippen LogP contribution in [0.4, 0.5) is 5.69 Å². The van der Waals surface area contributed by atoms with Gasteiger partial charge in [-0.2, -0.15) is 0 Å². The van der Waals surface area contributed by atoms with Gasteiger partial charge in [-0.15, -0.1) is 10.2 Å². The summed E-state index contributed by atoms with van der Waals surface area (Å²) in [4.78, 5) is 12.1. The lowest BCUT2D eigenvalue weighted by molar-refractivity contribution is -0.120. The average molecular weight is 484 g/mol. The van der Waals surface area contributed by atoms with E-state index >= 15 is 0 Å². The van der Waals surface area contributed by atoms with Crippen molar-refractivity contribution in [3.63, 3.8) is 0 Å². The average Bonchev–Trinajstić information content (AvgIpc) is 3.09. The van der Waals surface area contributed by atoms with Gasteiger partial charge < -0.3 is 19.1 Å². The van der Waals surface area contributed by atoms with Crippen molar-refractivity contribution < 1.29 is 19.4 Å². The second-order valence-corrected chi connectivity index (χ2v) is 7.80. The van der Waals surface area contributed by atoms with E-state index in [0.29, 0.717) is 33.5 Å². The molecule has 1 heterocycles. The first kappa shape index (κ1) is 22.6. The highest BCUT2D eigenvalue weighted by molar-refractivity contribution is 6.32. The molecular weight excluding hydrogens is 465 g/mol. The SMILES string of the molecule is O=C(COc1ccc(Cl)cc1)N=Nc1c(O)n(CCOc2ccccc2Cl)c2ccccc12. The Kier molecular flexibility index (Phi) is 7.12. The number of amides is 1. The summed E-state index contributed by atoms with van der Waals surface area (Å²) in [5.41, 5.74) is 0.930. The van der Waals surface area contributed by atoms with Gasteiger partial charge in [-0.05, 0) is 42.5 Å². The molecule has 9 heteroatoms. The van der Waals surface area contributed by atoms with E-state index in [1.54, 1.807) is 47.0 Å². The number of aromatic nitrogens is 1. The van der Waals surface area contributed by atoms with E-state index in [4.69, 9.17) is 32.7 Å². The molecule has 0 unspecified atom stereocenters. The number of para-hydroxylation sites is 2. The Balaban J connectivity index is 1.47. The van der Waals surface area contributed by atoms with Crippen LogP contribution in [0.5, 0.6) is 17.4 Å². The Hall–Kier alpha value is -3.55. The van der Waals surface area contributed by atoms with Crippen LogP contribution in [0.2, 0.25) is 10.0 Å². The third-order valence-corrected chi connectivity index (χ3v) is 5.33. The van der Waals surface area contributed by atoms with E-state index in [2.05, 4.69) is 10.2 Å². The first-order valence-corrected chi connectivity index (χ1v) is 10.8. The number of azo groups is 1. The molecule has 1 N–H and O–H groups in total. The molecule has 0 aliphatic carbocycles. The molecule has 0 aliphatic rings. The minimum Gasteiger partial charge on any atom is -0.493 e. The zero-order valence-corrected chi connectivity index (χ0v) is 18.8. The molecule has 0 bridgehead atoms. The Labute approximate surface area is 199 Å².